The van der Waals surface area contributed by atoms with Gasteiger partial charge in [-0.05, 0) is 37.1 Å². The van der Waals surface area contributed by atoms with Crippen molar-refractivity contribution >= 4 is 22.8 Å². The van der Waals surface area contributed by atoms with Crippen LogP contribution in [-0.2, 0) is 6.54 Å². The number of rotatable bonds is 4. The molecule has 1 aliphatic carbocycles. The molecule has 1 aromatic carbocycles. The quantitative estimate of drug-likeness (QED) is 0.684. The van der Waals surface area contributed by atoms with Gasteiger partial charge < -0.3 is 4.57 Å². The number of benzene rings is 1. The molecule has 4 heteroatoms. The summed E-state index contributed by atoms with van der Waals surface area (Å²) in [6, 6.07) is 14.5. The van der Waals surface area contributed by atoms with Gasteiger partial charge in [-0.1, -0.05) is 49.2 Å². The number of thioether (sulfide) groups is 1. The maximum atomic E-state index is 4.90. The maximum Gasteiger partial charge on any atom is 0.169 e. The Morgan fingerprint density at radius 2 is 1.83 bits per heavy atom. The van der Waals surface area contributed by atoms with E-state index in [2.05, 4.69) is 45.9 Å². The topological polar surface area (TPSA) is 30.7 Å². The van der Waals surface area contributed by atoms with Gasteiger partial charge in [-0.2, -0.15) is 0 Å². The Kier molecular flexibility index (Phi) is 4.33. The first kappa shape index (κ1) is 14.8. The average molecular weight is 323 g/mol. The Morgan fingerprint density at radius 3 is 2.65 bits per heavy atom. The van der Waals surface area contributed by atoms with Crippen LogP contribution in [0.15, 0.2) is 53.8 Å². The van der Waals surface area contributed by atoms with E-state index in [9.17, 15) is 0 Å². The summed E-state index contributed by atoms with van der Waals surface area (Å²) in [6.07, 6.45) is 8.61. The minimum atomic E-state index is 0.711. The van der Waals surface area contributed by atoms with Gasteiger partial charge in [0.1, 0.15) is 0 Å². The smallest absolute Gasteiger partial charge is 0.169 e. The lowest BCUT2D eigenvalue weighted by molar-refractivity contribution is 0.514. The molecule has 0 bridgehead atoms. The fourth-order valence-electron chi connectivity index (χ4n) is 3.28. The van der Waals surface area contributed by atoms with Gasteiger partial charge in [0, 0.05) is 11.4 Å². The molecular formula is C19H21N3S. The molecule has 2 heterocycles. The Morgan fingerprint density at radius 1 is 1.00 bits per heavy atom. The predicted octanol–water partition coefficient (Wildman–Crippen LogP) is 4.90. The van der Waals surface area contributed by atoms with E-state index in [0.717, 1.165) is 22.9 Å². The second-order valence-corrected chi connectivity index (χ2v) is 7.44. The summed E-state index contributed by atoms with van der Waals surface area (Å²) in [5.41, 5.74) is 3.37. The van der Waals surface area contributed by atoms with Crippen molar-refractivity contribution in [3.63, 3.8) is 0 Å². The van der Waals surface area contributed by atoms with Crippen LogP contribution in [0.25, 0.3) is 11.0 Å². The average Bonchev–Trinajstić information content (AvgIpc) is 2.94. The van der Waals surface area contributed by atoms with Crippen molar-refractivity contribution in [2.75, 3.05) is 0 Å². The number of nitrogens with zero attached hydrogens (tertiary/aromatic N) is 3. The van der Waals surface area contributed by atoms with Crippen LogP contribution >= 0.6 is 11.8 Å². The van der Waals surface area contributed by atoms with Crippen molar-refractivity contribution in [3.05, 3.63) is 54.4 Å². The van der Waals surface area contributed by atoms with Crippen LogP contribution in [0.4, 0.5) is 0 Å². The van der Waals surface area contributed by atoms with Crippen molar-refractivity contribution in [2.45, 2.75) is 49.1 Å². The molecule has 1 fully saturated rings. The van der Waals surface area contributed by atoms with E-state index >= 15 is 0 Å². The van der Waals surface area contributed by atoms with Gasteiger partial charge in [0.05, 0.1) is 23.3 Å². The molecule has 0 saturated heterocycles. The van der Waals surface area contributed by atoms with Crippen molar-refractivity contribution in [1.29, 1.82) is 0 Å². The van der Waals surface area contributed by atoms with E-state index in [-0.39, 0.29) is 0 Å². The maximum absolute atomic E-state index is 4.90. The normalized spacial score (nSPS) is 16.0. The summed E-state index contributed by atoms with van der Waals surface area (Å²) >= 11 is 1.96. The predicted molar refractivity (Wildman–Crippen MR) is 95.8 cm³/mol. The summed E-state index contributed by atoms with van der Waals surface area (Å²) in [5, 5.41) is 1.85. The summed E-state index contributed by atoms with van der Waals surface area (Å²) in [5.74, 6) is 0. The molecular weight excluding hydrogens is 302 g/mol. The zero-order valence-electron chi connectivity index (χ0n) is 13.2. The number of pyridine rings is 1. The molecule has 0 amide bonds. The van der Waals surface area contributed by atoms with Crippen LogP contribution in [0.3, 0.4) is 0 Å². The fourth-order valence-corrected chi connectivity index (χ4v) is 4.59. The highest BCUT2D eigenvalue weighted by Crippen LogP contribution is 2.35. The van der Waals surface area contributed by atoms with Crippen LogP contribution < -0.4 is 0 Å². The number of hydrogen-bond acceptors (Lipinski definition) is 3. The second kappa shape index (κ2) is 6.75. The van der Waals surface area contributed by atoms with Gasteiger partial charge in [0.25, 0.3) is 0 Å². The highest BCUT2D eigenvalue weighted by molar-refractivity contribution is 7.99. The zero-order valence-corrected chi connectivity index (χ0v) is 14.0. The molecule has 1 aliphatic rings. The first-order valence-corrected chi connectivity index (χ1v) is 9.30. The van der Waals surface area contributed by atoms with Gasteiger partial charge in [-0.3, -0.25) is 4.98 Å². The molecule has 0 atom stereocenters. The Balaban J connectivity index is 1.69. The molecule has 0 spiro atoms. The summed E-state index contributed by atoms with van der Waals surface area (Å²) < 4.78 is 2.33. The van der Waals surface area contributed by atoms with E-state index in [0.29, 0.717) is 5.25 Å². The van der Waals surface area contributed by atoms with Crippen LogP contribution in [0.2, 0.25) is 0 Å². The molecule has 1 saturated carbocycles. The fraction of sp³-hybridized carbons (Fsp3) is 0.368. The summed E-state index contributed by atoms with van der Waals surface area (Å²) in [4.78, 5) is 9.39. The third kappa shape index (κ3) is 3.27. The Labute approximate surface area is 141 Å². The van der Waals surface area contributed by atoms with E-state index in [1.165, 1.54) is 37.6 Å². The molecule has 4 rings (SSSR count). The Bertz CT molecular complexity index is 776. The molecule has 0 radical (unpaired) electrons. The SMILES string of the molecule is c1ccc(Cn2c(SC3CCCCC3)nc3ccccc32)nc1. The van der Waals surface area contributed by atoms with Gasteiger partial charge in [-0.15, -0.1) is 0 Å². The van der Waals surface area contributed by atoms with Crippen molar-refractivity contribution in [1.82, 2.24) is 14.5 Å². The number of imidazole rings is 1. The van der Waals surface area contributed by atoms with E-state index in [4.69, 9.17) is 4.98 Å². The highest BCUT2D eigenvalue weighted by Gasteiger charge is 2.19. The van der Waals surface area contributed by atoms with Gasteiger partial charge >= 0.3 is 0 Å². The van der Waals surface area contributed by atoms with E-state index in [1.54, 1.807) is 0 Å². The second-order valence-electron chi connectivity index (χ2n) is 6.17. The number of fused-ring (bicyclic) bond motifs is 1. The van der Waals surface area contributed by atoms with Crippen LogP contribution in [-0.4, -0.2) is 19.8 Å². The molecule has 23 heavy (non-hydrogen) atoms. The molecule has 0 N–H and O–H groups in total. The van der Waals surface area contributed by atoms with Crippen molar-refractivity contribution < 1.29 is 0 Å². The van der Waals surface area contributed by atoms with Crippen LogP contribution in [0, 0.1) is 0 Å². The molecule has 2 aromatic heterocycles. The minimum Gasteiger partial charge on any atom is -0.313 e. The lowest BCUT2D eigenvalue weighted by atomic mass is 10.0. The van der Waals surface area contributed by atoms with Gasteiger partial charge in [0.15, 0.2) is 5.16 Å². The largest absolute Gasteiger partial charge is 0.313 e. The van der Waals surface area contributed by atoms with Gasteiger partial charge in [0.2, 0.25) is 0 Å². The van der Waals surface area contributed by atoms with Gasteiger partial charge in [-0.25, -0.2) is 4.98 Å². The summed E-state index contributed by atoms with van der Waals surface area (Å²) in [7, 11) is 0. The molecule has 118 valence electrons. The van der Waals surface area contributed by atoms with E-state index < -0.39 is 0 Å². The monoisotopic (exact) mass is 323 g/mol. The third-order valence-corrected chi connectivity index (χ3v) is 5.82. The number of hydrogen-bond donors (Lipinski definition) is 0. The molecule has 3 aromatic rings. The van der Waals surface area contributed by atoms with Crippen molar-refractivity contribution in [3.8, 4) is 0 Å². The van der Waals surface area contributed by atoms with Crippen LogP contribution in [0.5, 0.6) is 0 Å². The van der Waals surface area contributed by atoms with Crippen molar-refractivity contribution in [2.24, 2.45) is 0 Å². The molecule has 0 unspecified atom stereocenters. The Hall–Kier alpha value is -1.81. The number of aromatic nitrogens is 3. The number of para-hydroxylation sites is 2. The lowest BCUT2D eigenvalue weighted by Gasteiger charge is -2.21. The first-order valence-electron chi connectivity index (χ1n) is 8.42. The third-order valence-electron chi connectivity index (χ3n) is 4.49. The van der Waals surface area contributed by atoms with Crippen LogP contribution in [0.1, 0.15) is 37.8 Å². The summed E-state index contributed by atoms with van der Waals surface area (Å²) in [6.45, 7) is 0.788. The molecule has 3 nitrogen and oxygen atoms in total. The molecule has 0 aliphatic heterocycles. The van der Waals surface area contributed by atoms with E-state index in [1.807, 2.05) is 24.0 Å². The standard InChI is InChI=1S/C19H21N3S/c1-2-9-16(10-3-1)23-19-21-17-11-4-5-12-18(17)22(19)14-15-8-6-7-13-20-15/h4-8,11-13,16H,1-3,9-10,14H2. The first-order chi connectivity index (χ1) is 11.4. The lowest BCUT2D eigenvalue weighted by Crippen LogP contribution is -2.10. The highest BCUT2D eigenvalue weighted by atomic mass is 32.2. The minimum absolute atomic E-state index is 0.711. The zero-order chi connectivity index (χ0) is 15.5.